The highest BCUT2D eigenvalue weighted by Crippen LogP contribution is 2.08. The zero-order valence-corrected chi connectivity index (χ0v) is 14.6. The van der Waals surface area contributed by atoms with Crippen molar-refractivity contribution in [2.75, 3.05) is 18.9 Å². The van der Waals surface area contributed by atoms with E-state index in [0.29, 0.717) is 24.5 Å². The molecule has 0 saturated carbocycles. The molecule has 6 heteroatoms. The van der Waals surface area contributed by atoms with E-state index in [0.717, 1.165) is 24.0 Å². The van der Waals surface area contributed by atoms with Gasteiger partial charge < -0.3 is 15.7 Å². The zero-order valence-electron chi connectivity index (χ0n) is 14.6. The lowest BCUT2D eigenvalue weighted by molar-refractivity contribution is 0.171. The van der Waals surface area contributed by atoms with Crippen molar-refractivity contribution >= 4 is 5.95 Å². The van der Waals surface area contributed by atoms with E-state index in [-0.39, 0.29) is 5.95 Å². The summed E-state index contributed by atoms with van der Waals surface area (Å²) >= 11 is 0. The average molecular weight is 324 g/mol. The normalized spacial score (nSPS) is 11.8. The molecule has 132 valence electrons. The van der Waals surface area contributed by atoms with Gasteiger partial charge in [-0.3, -0.25) is 4.99 Å². The van der Waals surface area contributed by atoms with Crippen molar-refractivity contribution in [1.82, 2.24) is 9.71 Å². The van der Waals surface area contributed by atoms with Crippen LogP contribution < -0.4 is 16.0 Å². The van der Waals surface area contributed by atoms with Crippen molar-refractivity contribution in [1.29, 1.82) is 0 Å². The Labute approximate surface area is 139 Å². The molecule has 0 atom stereocenters. The Hall–Kier alpha value is -1.72. The molecular formula is C17H32N4O2. The minimum absolute atomic E-state index is 0.00249. The van der Waals surface area contributed by atoms with Crippen LogP contribution in [0.3, 0.4) is 0 Å². The van der Waals surface area contributed by atoms with Crippen molar-refractivity contribution in [2.24, 2.45) is 4.99 Å². The molecule has 1 heterocycles. The van der Waals surface area contributed by atoms with Crippen LogP contribution in [0, 0.1) is 0 Å². The second-order valence-corrected chi connectivity index (χ2v) is 5.83. The van der Waals surface area contributed by atoms with Crippen molar-refractivity contribution in [3.05, 3.63) is 11.6 Å². The summed E-state index contributed by atoms with van der Waals surface area (Å²) in [6.45, 7) is 5.59. The number of nitrogen functional groups attached to an aromatic ring is 1. The van der Waals surface area contributed by atoms with Gasteiger partial charge >= 0.3 is 0 Å². The number of ether oxygens (including phenoxy) is 1. The Morgan fingerprint density at radius 2 is 1.74 bits per heavy atom. The van der Waals surface area contributed by atoms with Crippen LogP contribution in [-0.2, 0) is 0 Å². The second kappa shape index (κ2) is 11.8. The van der Waals surface area contributed by atoms with Crippen molar-refractivity contribution in [3.63, 3.8) is 0 Å². The van der Waals surface area contributed by atoms with E-state index in [1.54, 1.807) is 6.07 Å². The van der Waals surface area contributed by atoms with Gasteiger partial charge in [0, 0.05) is 12.6 Å². The zero-order chi connectivity index (χ0) is 16.9. The van der Waals surface area contributed by atoms with Gasteiger partial charge in [-0.1, -0.05) is 58.8 Å². The lowest BCUT2D eigenvalue weighted by Gasteiger charge is -2.07. The molecule has 0 saturated heterocycles. The summed E-state index contributed by atoms with van der Waals surface area (Å²) in [4.78, 5) is 8.40. The van der Waals surface area contributed by atoms with E-state index in [4.69, 9.17) is 10.5 Å². The summed E-state index contributed by atoms with van der Waals surface area (Å²) in [6, 6.07) is 1.63. The van der Waals surface area contributed by atoms with Gasteiger partial charge in [0.05, 0.1) is 6.61 Å². The molecule has 0 aliphatic rings. The quantitative estimate of drug-likeness (QED) is 0.455. The molecule has 0 aliphatic carbocycles. The van der Waals surface area contributed by atoms with E-state index in [1.165, 1.54) is 38.5 Å². The van der Waals surface area contributed by atoms with Gasteiger partial charge in [0.2, 0.25) is 11.8 Å². The predicted molar refractivity (Wildman–Crippen MR) is 92.6 cm³/mol. The molecule has 6 nitrogen and oxygen atoms in total. The molecular weight excluding hydrogens is 292 g/mol. The van der Waals surface area contributed by atoms with Crippen LogP contribution in [0.5, 0.6) is 5.88 Å². The number of anilines is 1. The van der Waals surface area contributed by atoms with Crippen LogP contribution in [0.1, 0.15) is 71.6 Å². The highest BCUT2D eigenvalue weighted by molar-refractivity contribution is 5.21. The smallest absolute Gasteiger partial charge is 0.239 e. The predicted octanol–water partition coefficient (Wildman–Crippen LogP) is 3.53. The summed E-state index contributed by atoms with van der Waals surface area (Å²) in [5.74, 6) is 0.414. The lowest BCUT2D eigenvalue weighted by Crippen LogP contribution is -2.24. The lowest BCUT2D eigenvalue weighted by atomic mass is 10.1. The van der Waals surface area contributed by atoms with Crippen molar-refractivity contribution in [2.45, 2.75) is 71.6 Å². The molecule has 1 aromatic rings. The summed E-state index contributed by atoms with van der Waals surface area (Å²) in [7, 11) is 0. The van der Waals surface area contributed by atoms with Crippen LogP contribution in [0.25, 0.3) is 0 Å². The third-order valence-corrected chi connectivity index (χ3v) is 3.69. The highest BCUT2D eigenvalue weighted by Gasteiger charge is 2.04. The van der Waals surface area contributed by atoms with Crippen molar-refractivity contribution in [3.8, 4) is 5.88 Å². The Morgan fingerprint density at radius 3 is 2.43 bits per heavy atom. The van der Waals surface area contributed by atoms with Gasteiger partial charge in [-0.25, -0.2) is 0 Å². The fourth-order valence-corrected chi connectivity index (χ4v) is 2.25. The van der Waals surface area contributed by atoms with Gasteiger partial charge in [0.1, 0.15) is 0 Å². The molecule has 1 rings (SSSR count). The van der Waals surface area contributed by atoms with Crippen LogP contribution >= 0.6 is 0 Å². The topological polar surface area (TPSA) is 85.7 Å². The monoisotopic (exact) mass is 324 g/mol. The number of hydrogen-bond acceptors (Lipinski definition) is 5. The average Bonchev–Trinajstić information content (AvgIpc) is 2.54. The first-order valence-electron chi connectivity index (χ1n) is 8.91. The first-order chi connectivity index (χ1) is 11.2. The summed E-state index contributed by atoms with van der Waals surface area (Å²) < 4.78 is 6.34. The molecule has 0 bridgehead atoms. The molecule has 0 spiro atoms. The molecule has 0 unspecified atom stereocenters. The SMILES string of the molecule is CCCCCCCCCN=c1cc(OCCCC)nc(N)n1O. The summed E-state index contributed by atoms with van der Waals surface area (Å²) in [5, 5.41) is 9.87. The minimum atomic E-state index is -0.00249. The van der Waals surface area contributed by atoms with Gasteiger partial charge in [0.15, 0.2) is 5.49 Å². The molecule has 0 aromatic carbocycles. The fraction of sp³-hybridized carbons (Fsp3) is 0.765. The van der Waals surface area contributed by atoms with Gasteiger partial charge in [-0.15, -0.1) is 4.73 Å². The Balaban J connectivity index is 2.46. The van der Waals surface area contributed by atoms with Gasteiger partial charge in [-0.2, -0.15) is 4.98 Å². The second-order valence-electron chi connectivity index (χ2n) is 5.83. The molecule has 23 heavy (non-hydrogen) atoms. The van der Waals surface area contributed by atoms with E-state index in [9.17, 15) is 5.21 Å². The van der Waals surface area contributed by atoms with Crippen molar-refractivity contribution < 1.29 is 9.94 Å². The number of unbranched alkanes of at least 4 members (excludes halogenated alkanes) is 7. The standard InChI is InChI=1S/C17H32N4O2/c1-3-5-7-8-9-10-11-12-19-15-14-16(23-13-6-4-2)20-17(18)21(15)22/h14,22H,3-13H2,1-2H3,(H2,18,20). The third-order valence-electron chi connectivity index (χ3n) is 3.69. The van der Waals surface area contributed by atoms with E-state index in [2.05, 4.69) is 23.8 Å². The number of hydrogen-bond donors (Lipinski definition) is 2. The maximum atomic E-state index is 9.87. The minimum Gasteiger partial charge on any atom is -0.477 e. The van der Waals surface area contributed by atoms with Gasteiger partial charge in [0.25, 0.3) is 0 Å². The first-order valence-corrected chi connectivity index (χ1v) is 8.91. The maximum Gasteiger partial charge on any atom is 0.239 e. The van der Waals surface area contributed by atoms with Gasteiger partial charge in [-0.05, 0) is 12.8 Å². The highest BCUT2D eigenvalue weighted by atomic mass is 16.5. The maximum absolute atomic E-state index is 9.87. The Bertz CT molecular complexity index is 500. The Morgan fingerprint density at radius 1 is 1.09 bits per heavy atom. The number of nitrogens with zero attached hydrogens (tertiary/aromatic N) is 3. The molecule has 0 radical (unpaired) electrons. The fourth-order valence-electron chi connectivity index (χ4n) is 2.25. The number of aromatic nitrogens is 2. The molecule has 0 fully saturated rings. The third kappa shape index (κ3) is 7.90. The largest absolute Gasteiger partial charge is 0.477 e. The Kier molecular flexibility index (Phi) is 9.91. The van der Waals surface area contributed by atoms with Crippen LogP contribution in [0.2, 0.25) is 0 Å². The first kappa shape index (κ1) is 19.3. The van der Waals surface area contributed by atoms with Crippen LogP contribution in [-0.4, -0.2) is 28.1 Å². The molecule has 3 N–H and O–H groups in total. The van der Waals surface area contributed by atoms with Crippen LogP contribution in [0.4, 0.5) is 5.95 Å². The summed E-state index contributed by atoms with van der Waals surface area (Å²) in [6.07, 6.45) is 10.7. The molecule has 1 aromatic heterocycles. The van der Waals surface area contributed by atoms with E-state index < -0.39 is 0 Å². The number of rotatable bonds is 12. The number of nitrogens with two attached hydrogens (primary N) is 1. The van der Waals surface area contributed by atoms with Crippen LogP contribution in [0.15, 0.2) is 11.1 Å². The summed E-state index contributed by atoms with van der Waals surface area (Å²) in [5.41, 5.74) is 6.08. The molecule has 0 aliphatic heterocycles. The van der Waals surface area contributed by atoms with E-state index >= 15 is 0 Å². The molecule has 0 amide bonds. The van der Waals surface area contributed by atoms with E-state index in [1.807, 2.05) is 0 Å².